The molecule has 2 heterocycles. The quantitative estimate of drug-likeness (QED) is 0.672. The second-order valence-corrected chi connectivity index (χ2v) is 9.89. The maximum Gasteiger partial charge on any atom is 0.251 e. The van der Waals surface area contributed by atoms with E-state index in [9.17, 15) is 18.0 Å². The number of nitrogens with zero attached hydrogens (tertiary/aromatic N) is 3. The minimum Gasteiger partial charge on any atom is -0.289 e. The molecule has 2 fully saturated rings. The van der Waals surface area contributed by atoms with Crippen LogP contribution in [0.25, 0.3) is 0 Å². The van der Waals surface area contributed by atoms with Gasteiger partial charge in [0.05, 0.1) is 23.0 Å². The van der Waals surface area contributed by atoms with E-state index < -0.39 is 16.1 Å². The van der Waals surface area contributed by atoms with Gasteiger partial charge in [-0.2, -0.15) is 4.31 Å². The molecule has 2 aliphatic heterocycles. The molecule has 0 saturated carbocycles. The molecular formula is C21H22ClN3O4S. The molecule has 2 aromatic carbocycles. The van der Waals surface area contributed by atoms with Crippen molar-refractivity contribution in [2.75, 3.05) is 31.1 Å². The molecule has 1 unspecified atom stereocenters. The summed E-state index contributed by atoms with van der Waals surface area (Å²) < 4.78 is 27.2. The molecule has 2 aliphatic rings. The van der Waals surface area contributed by atoms with Gasteiger partial charge >= 0.3 is 0 Å². The number of piperazine rings is 1. The third-order valence-electron chi connectivity index (χ3n) is 5.58. The highest BCUT2D eigenvalue weighted by atomic mass is 35.5. The highest BCUT2D eigenvalue weighted by Crippen LogP contribution is 2.28. The normalized spacial score (nSPS) is 21.4. The number of hydrogen-bond acceptors (Lipinski definition) is 5. The second kappa shape index (κ2) is 8.11. The molecule has 0 bridgehead atoms. The van der Waals surface area contributed by atoms with Crippen LogP contribution in [0.4, 0.5) is 5.69 Å². The number of rotatable bonds is 4. The maximum atomic E-state index is 12.9. The van der Waals surface area contributed by atoms with Gasteiger partial charge in [-0.25, -0.2) is 13.3 Å². The first-order valence-electron chi connectivity index (χ1n) is 9.70. The van der Waals surface area contributed by atoms with Gasteiger partial charge in [0.15, 0.2) is 0 Å². The lowest BCUT2D eigenvalue weighted by Crippen LogP contribution is -2.53. The Bertz CT molecular complexity index is 1060. The van der Waals surface area contributed by atoms with Crippen LogP contribution in [0.3, 0.4) is 0 Å². The summed E-state index contributed by atoms with van der Waals surface area (Å²) in [7, 11) is -3.58. The van der Waals surface area contributed by atoms with Gasteiger partial charge in [-0.1, -0.05) is 29.3 Å². The first-order chi connectivity index (χ1) is 14.3. The number of carbonyl (C=O) groups excluding carboxylic acids is 2. The van der Waals surface area contributed by atoms with Gasteiger partial charge in [-0.15, -0.1) is 0 Å². The van der Waals surface area contributed by atoms with E-state index in [4.69, 9.17) is 11.6 Å². The molecule has 0 spiro atoms. The Morgan fingerprint density at radius 1 is 0.900 bits per heavy atom. The summed E-state index contributed by atoms with van der Waals surface area (Å²) in [6, 6.07) is 12.8. The number of halogens is 1. The number of anilines is 1. The summed E-state index contributed by atoms with van der Waals surface area (Å²) in [5.74, 6) is -0.542. The van der Waals surface area contributed by atoms with Gasteiger partial charge in [0.25, 0.3) is 5.91 Å². The van der Waals surface area contributed by atoms with E-state index in [2.05, 4.69) is 0 Å². The smallest absolute Gasteiger partial charge is 0.251 e. The van der Waals surface area contributed by atoms with E-state index in [1.165, 1.54) is 9.21 Å². The number of benzene rings is 2. The van der Waals surface area contributed by atoms with E-state index in [-0.39, 0.29) is 36.2 Å². The van der Waals surface area contributed by atoms with Crippen LogP contribution in [0.2, 0.25) is 5.02 Å². The zero-order chi connectivity index (χ0) is 21.5. The Morgan fingerprint density at radius 2 is 1.50 bits per heavy atom. The topological polar surface area (TPSA) is 78.0 Å². The molecule has 2 aromatic rings. The van der Waals surface area contributed by atoms with Gasteiger partial charge < -0.3 is 0 Å². The molecule has 0 N–H and O–H groups in total. The van der Waals surface area contributed by atoms with Crippen molar-refractivity contribution < 1.29 is 18.0 Å². The van der Waals surface area contributed by atoms with Crippen LogP contribution in [-0.2, 0) is 19.6 Å². The van der Waals surface area contributed by atoms with E-state index in [0.29, 0.717) is 23.8 Å². The molecule has 0 radical (unpaired) electrons. The fourth-order valence-electron chi connectivity index (χ4n) is 3.88. The number of sulfonamides is 1. The van der Waals surface area contributed by atoms with Crippen molar-refractivity contribution in [2.24, 2.45) is 0 Å². The van der Waals surface area contributed by atoms with Crippen molar-refractivity contribution in [1.29, 1.82) is 0 Å². The largest absolute Gasteiger partial charge is 0.289 e. The predicted molar refractivity (Wildman–Crippen MR) is 114 cm³/mol. The molecule has 0 aromatic heterocycles. The van der Waals surface area contributed by atoms with Crippen LogP contribution in [0.5, 0.6) is 0 Å². The summed E-state index contributed by atoms with van der Waals surface area (Å²) in [5, 5.41) is 0.528. The minimum absolute atomic E-state index is 0.0895. The minimum atomic E-state index is -3.58. The Kier molecular flexibility index (Phi) is 5.67. The monoisotopic (exact) mass is 447 g/mol. The summed E-state index contributed by atoms with van der Waals surface area (Å²) in [6.45, 7) is 3.24. The van der Waals surface area contributed by atoms with Gasteiger partial charge in [-0.05, 0) is 43.3 Å². The van der Waals surface area contributed by atoms with E-state index in [1.807, 2.05) is 11.8 Å². The summed E-state index contributed by atoms with van der Waals surface area (Å²) in [6.07, 6.45) is 0.0895. The van der Waals surface area contributed by atoms with Crippen LogP contribution >= 0.6 is 11.6 Å². The lowest BCUT2D eigenvalue weighted by atomic mass is 10.2. The summed E-state index contributed by atoms with van der Waals surface area (Å²) in [5.41, 5.74) is 1.49. The molecule has 1 atom stereocenters. The molecule has 9 heteroatoms. The third-order valence-corrected chi connectivity index (χ3v) is 7.75. The van der Waals surface area contributed by atoms with Crippen molar-refractivity contribution in [3.8, 4) is 0 Å². The first-order valence-corrected chi connectivity index (χ1v) is 11.5. The molecule has 158 valence electrons. The zero-order valence-electron chi connectivity index (χ0n) is 16.5. The van der Waals surface area contributed by atoms with E-state index in [1.54, 1.807) is 48.5 Å². The molecule has 2 amide bonds. The van der Waals surface area contributed by atoms with Crippen molar-refractivity contribution in [3.63, 3.8) is 0 Å². The molecule has 0 aliphatic carbocycles. The lowest BCUT2D eigenvalue weighted by molar-refractivity contribution is -0.123. The van der Waals surface area contributed by atoms with Crippen molar-refractivity contribution >= 4 is 39.1 Å². The number of carbonyl (C=O) groups is 2. The van der Waals surface area contributed by atoms with Crippen LogP contribution in [-0.4, -0.2) is 61.7 Å². The molecular weight excluding hydrogens is 426 g/mol. The average Bonchev–Trinajstić information content (AvgIpc) is 3.03. The molecule has 4 rings (SSSR count). The zero-order valence-corrected chi connectivity index (χ0v) is 18.1. The molecule has 2 saturated heterocycles. The maximum absolute atomic E-state index is 12.9. The Balaban J connectivity index is 1.44. The van der Waals surface area contributed by atoms with Gasteiger partial charge in [0.1, 0.15) is 0 Å². The number of amides is 2. The highest BCUT2D eigenvalue weighted by Gasteiger charge is 2.44. The second-order valence-electron chi connectivity index (χ2n) is 7.52. The third kappa shape index (κ3) is 3.88. The van der Waals surface area contributed by atoms with Crippen LogP contribution in [0, 0.1) is 6.92 Å². The number of imide groups is 1. The molecule has 7 nitrogen and oxygen atoms in total. The number of hydrogen-bond donors (Lipinski definition) is 0. The van der Waals surface area contributed by atoms with Gasteiger partial charge in [-0.3, -0.25) is 14.5 Å². The van der Waals surface area contributed by atoms with Crippen LogP contribution in [0.15, 0.2) is 53.4 Å². The molecule has 30 heavy (non-hydrogen) atoms. The predicted octanol–water partition coefficient (Wildman–Crippen LogP) is 2.29. The summed E-state index contributed by atoms with van der Waals surface area (Å²) >= 11 is 5.89. The van der Waals surface area contributed by atoms with Crippen molar-refractivity contribution in [1.82, 2.24) is 9.21 Å². The van der Waals surface area contributed by atoms with Crippen LogP contribution < -0.4 is 4.90 Å². The van der Waals surface area contributed by atoms with E-state index >= 15 is 0 Å². The standard InChI is InChI=1S/C21H22ClN3O4S/c1-15-2-8-18(9-3-15)30(28,29)24-12-10-23(11-13-24)19-14-20(26)25(21(19)27)17-6-4-16(22)5-7-17/h2-9,19H,10-14H2,1H3. The fraction of sp³-hybridized carbons (Fsp3) is 0.333. The Labute approximate surface area is 180 Å². The van der Waals surface area contributed by atoms with Gasteiger partial charge in [0, 0.05) is 31.2 Å². The summed E-state index contributed by atoms with van der Waals surface area (Å²) in [4.78, 5) is 28.8. The Hall–Kier alpha value is -2.26. The Morgan fingerprint density at radius 3 is 2.10 bits per heavy atom. The highest BCUT2D eigenvalue weighted by molar-refractivity contribution is 7.89. The van der Waals surface area contributed by atoms with Gasteiger partial charge in [0.2, 0.25) is 15.9 Å². The van der Waals surface area contributed by atoms with Crippen LogP contribution in [0.1, 0.15) is 12.0 Å². The fourth-order valence-corrected chi connectivity index (χ4v) is 5.43. The first kappa shape index (κ1) is 21.0. The average molecular weight is 448 g/mol. The van der Waals surface area contributed by atoms with Crippen molar-refractivity contribution in [3.05, 3.63) is 59.1 Å². The lowest BCUT2D eigenvalue weighted by Gasteiger charge is -2.36. The SMILES string of the molecule is Cc1ccc(S(=O)(=O)N2CCN(C3CC(=O)N(c4ccc(Cl)cc4)C3=O)CC2)cc1. The van der Waals surface area contributed by atoms with Crippen molar-refractivity contribution in [2.45, 2.75) is 24.3 Å². The number of aryl methyl sites for hydroxylation is 1. The van der Waals surface area contributed by atoms with E-state index in [0.717, 1.165) is 5.56 Å².